The maximum atomic E-state index is 12.2. The predicted molar refractivity (Wildman–Crippen MR) is 110 cm³/mol. The van der Waals surface area contributed by atoms with Crippen LogP contribution in [-0.2, 0) is 4.79 Å². The number of unbranched alkanes of at least 4 members (excludes halogenated alkanes) is 2. The number of anilines is 1. The van der Waals surface area contributed by atoms with Crippen molar-refractivity contribution >= 4 is 17.3 Å². The molecule has 4 nitrogen and oxygen atoms in total. The van der Waals surface area contributed by atoms with Crippen LogP contribution >= 0.6 is 0 Å². The van der Waals surface area contributed by atoms with Crippen LogP contribution in [-0.4, -0.2) is 18.2 Å². The van der Waals surface area contributed by atoms with Crippen molar-refractivity contribution in [1.82, 2.24) is 5.43 Å². The summed E-state index contributed by atoms with van der Waals surface area (Å²) in [5, 5.41) is 7.57. The zero-order valence-corrected chi connectivity index (χ0v) is 16.0. The molecule has 0 aliphatic heterocycles. The largest absolute Gasteiger partial charge is 0.376 e. The van der Waals surface area contributed by atoms with Gasteiger partial charge in [0.1, 0.15) is 0 Å². The number of hydrogen-bond donors (Lipinski definition) is 2. The minimum Gasteiger partial charge on any atom is -0.376 e. The molecule has 0 heterocycles. The van der Waals surface area contributed by atoms with Crippen molar-refractivity contribution in [2.75, 3.05) is 11.9 Å². The number of hydrogen-bond acceptors (Lipinski definition) is 3. The van der Waals surface area contributed by atoms with Crippen LogP contribution in [0, 0.1) is 13.8 Å². The van der Waals surface area contributed by atoms with Gasteiger partial charge in [0.25, 0.3) is 5.91 Å². The number of carbonyl (C=O) groups is 1. The van der Waals surface area contributed by atoms with Gasteiger partial charge in [0.15, 0.2) is 0 Å². The van der Waals surface area contributed by atoms with Crippen molar-refractivity contribution < 1.29 is 4.79 Å². The monoisotopic (exact) mass is 351 g/mol. The second kappa shape index (κ2) is 10.4. The van der Waals surface area contributed by atoms with Gasteiger partial charge >= 0.3 is 0 Å². The third-order valence-electron chi connectivity index (χ3n) is 4.26. The van der Waals surface area contributed by atoms with E-state index in [-0.39, 0.29) is 12.5 Å². The Labute approximate surface area is 156 Å². The highest BCUT2D eigenvalue weighted by Gasteiger charge is 2.06. The molecule has 1 amide bonds. The first-order valence-corrected chi connectivity index (χ1v) is 9.32. The van der Waals surface area contributed by atoms with Gasteiger partial charge in [-0.25, -0.2) is 5.43 Å². The first kappa shape index (κ1) is 19.7. The Morgan fingerprint density at radius 2 is 1.81 bits per heavy atom. The molecule has 0 radical (unpaired) electrons. The van der Waals surface area contributed by atoms with Crippen LogP contribution in [0.2, 0.25) is 0 Å². The number of amides is 1. The van der Waals surface area contributed by atoms with Crippen molar-refractivity contribution in [3.8, 4) is 0 Å². The van der Waals surface area contributed by atoms with E-state index >= 15 is 0 Å². The van der Waals surface area contributed by atoms with Gasteiger partial charge in [-0.3, -0.25) is 4.79 Å². The number of rotatable bonds is 9. The standard InChI is InChI=1S/C22H29N3O/c1-4-5-7-12-21(19-10-8-6-9-11-19)24-25-22(26)16-23-20-14-13-17(2)15-18(20)3/h6,8-11,13-15,23H,4-5,7,12,16H2,1-3H3,(H,25,26)/b24-21-. The molecule has 0 atom stereocenters. The summed E-state index contributed by atoms with van der Waals surface area (Å²) in [6.45, 7) is 6.47. The molecule has 2 N–H and O–H groups in total. The van der Waals surface area contributed by atoms with Crippen LogP contribution in [0.1, 0.15) is 49.3 Å². The SMILES string of the molecule is CCCCC/C(=N/NC(=O)CNc1ccc(C)cc1C)c1ccccc1. The van der Waals surface area contributed by atoms with E-state index in [1.54, 1.807) is 0 Å². The molecular formula is C22H29N3O. The Morgan fingerprint density at radius 3 is 2.50 bits per heavy atom. The van der Waals surface area contributed by atoms with Gasteiger partial charge < -0.3 is 5.32 Å². The number of aryl methyl sites for hydroxylation is 2. The number of nitrogens with one attached hydrogen (secondary N) is 2. The lowest BCUT2D eigenvalue weighted by Crippen LogP contribution is -2.27. The minimum atomic E-state index is -0.145. The summed E-state index contributed by atoms with van der Waals surface area (Å²) >= 11 is 0. The highest BCUT2D eigenvalue weighted by Crippen LogP contribution is 2.15. The lowest BCUT2D eigenvalue weighted by Gasteiger charge is -2.10. The summed E-state index contributed by atoms with van der Waals surface area (Å²) in [6.07, 6.45) is 4.26. The second-order valence-electron chi connectivity index (χ2n) is 6.59. The topological polar surface area (TPSA) is 53.5 Å². The number of nitrogens with zero attached hydrogens (tertiary/aromatic N) is 1. The summed E-state index contributed by atoms with van der Waals surface area (Å²) in [4.78, 5) is 12.2. The summed E-state index contributed by atoms with van der Waals surface area (Å²) in [6, 6.07) is 16.2. The number of benzene rings is 2. The van der Waals surface area contributed by atoms with E-state index in [1.807, 2.05) is 49.4 Å². The smallest absolute Gasteiger partial charge is 0.259 e. The molecule has 0 aromatic heterocycles. The molecule has 0 aliphatic carbocycles. The van der Waals surface area contributed by atoms with Gasteiger partial charge in [0.2, 0.25) is 0 Å². The van der Waals surface area contributed by atoms with Crippen molar-refractivity contribution in [2.45, 2.75) is 46.5 Å². The molecule has 0 saturated heterocycles. The highest BCUT2D eigenvalue weighted by atomic mass is 16.2. The molecule has 0 spiro atoms. The summed E-state index contributed by atoms with van der Waals surface area (Å²) < 4.78 is 0. The predicted octanol–water partition coefficient (Wildman–Crippen LogP) is 4.82. The fourth-order valence-electron chi connectivity index (χ4n) is 2.79. The Morgan fingerprint density at radius 1 is 1.04 bits per heavy atom. The third kappa shape index (κ3) is 6.36. The van der Waals surface area contributed by atoms with E-state index in [1.165, 1.54) is 5.56 Å². The van der Waals surface area contributed by atoms with Gasteiger partial charge in [0, 0.05) is 5.69 Å². The van der Waals surface area contributed by atoms with Crippen LogP contribution < -0.4 is 10.7 Å². The molecule has 0 bridgehead atoms. The molecule has 0 saturated carbocycles. The molecule has 0 fully saturated rings. The van der Waals surface area contributed by atoms with Crippen molar-refractivity contribution in [2.24, 2.45) is 5.10 Å². The van der Waals surface area contributed by atoms with E-state index in [9.17, 15) is 4.79 Å². The Kier molecular flexibility index (Phi) is 7.87. The van der Waals surface area contributed by atoms with Gasteiger partial charge in [-0.05, 0) is 43.9 Å². The van der Waals surface area contributed by atoms with Crippen molar-refractivity contribution in [3.05, 3.63) is 65.2 Å². The first-order chi connectivity index (χ1) is 12.6. The first-order valence-electron chi connectivity index (χ1n) is 9.32. The van der Waals surface area contributed by atoms with Crippen molar-refractivity contribution in [1.29, 1.82) is 0 Å². The Bertz CT molecular complexity index is 738. The van der Waals surface area contributed by atoms with Crippen LogP contribution in [0.5, 0.6) is 0 Å². The Hall–Kier alpha value is -2.62. The maximum Gasteiger partial charge on any atom is 0.259 e. The van der Waals surface area contributed by atoms with E-state index in [0.717, 1.165) is 48.2 Å². The maximum absolute atomic E-state index is 12.2. The molecule has 2 aromatic rings. The zero-order chi connectivity index (χ0) is 18.8. The van der Waals surface area contributed by atoms with E-state index in [2.05, 4.69) is 35.8 Å². The lowest BCUT2D eigenvalue weighted by atomic mass is 10.0. The normalized spacial score (nSPS) is 11.3. The van der Waals surface area contributed by atoms with E-state index in [4.69, 9.17) is 0 Å². The second-order valence-corrected chi connectivity index (χ2v) is 6.59. The fourth-order valence-corrected chi connectivity index (χ4v) is 2.79. The zero-order valence-electron chi connectivity index (χ0n) is 16.0. The van der Waals surface area contributed by atoms with Crippen LogP contribution in [0.15, 0.2) is 53.6 Å². The molecule has 2 rings (SSSR count). The third-order valence-corrected chi connectivity index (χ3v) is 4.26. The highest BCUT2D eigenvalue weighted by molar-refractivity contribution is 6.01. The van der Waals surface area contributed by atoms with Gasteiger partial charge in [-0.15, -0.1) is 0 Å². The van der Waals surface area contributed by atoms with Gasteiger partial charge in [0.05, 0.1) is 12.3 Å². The van der Waals surface area contributed by atoms with Crippen LogP contribution in [0.4, 0.5) is 5.69 Å². The van der Waals surface area contributed by atoms with E-state index < -0.39 is 0 Å². The summed E-state index contributed by atoms with van der Waals surface area (Å²) in [5.74, 6) is -0.145. The fraction of sp³-hybridized carbons (Fsp3) is 0.364. The lowest BCUT2D eigenvalue weighted by molar-refractivity contribution is -0.119. The summed E-state index contributed by atoms with van der Waals surface area (Å²) in [5.41, 5.74) is 8.00. The molecule has 26 heavy (non-hydrogen) atoms. The van der Waals surface area contributed by atoms with Crippen LogP contribution in [0.3, 0.4) is 0 Å². The molecule has 0 aliphatic rings. The average Bonchev–Trinajstić information content (AvgIpc) is 2.64. The number of hydrazone groups is 1. The van der Waals surface area contributed by atoms with Crippen molar-refractivity contribution in [3.63, 3.8) is 0 Å². The van der Waals surface area contributed by atoms with Gasteiger partial charge in [-0.1, -0.05) is 67.8 Å². The van der Waals surface area contributed by atoms with Gasteiger partial charge in [-0.2, -0.15) is 5.10 Å². The average molecular weight is 351 g/mol. The van der Waals surface area contributed by atoms with Crippen LogP contribution in [0.25, 0.3) is 0 Å². The molecule has 138 valence electrons. The minimum absolute atomic E-state index is 0.145. The quantitative estimate of drug-likeness (QED) is 0.387. The summed E-state index contributed by atoms with van der Waals surface area (Å²) in [7, 11) is 0. The molecular weight excluding hydrogens is 322 g/mol. The molecule has 4 heteroatoms. The Balaban J connectivity index is 1.95. The molecule has 2 aromatic carbocycles. The molecule has 0 unspecified atom stereocenters. The number of carbonyl (C=O) groups excluding carboxylic acids is 1. The van der Waals surface area contributed by atoms with E-state index in [0.29, 0.717) is 0 Å².